The fourth-order valence-corrected chi connectivity index (χ4v) is 2.86. The predicted octanol–water partition coefficient (Wildman–Crippen LogP) is 4.01. The van der Waals surface area contributed by atoms with Gasteiger partial charge in [-0.1, -0.05) is 63.3 Å². The first-order valence-corrected chi connectivity index (χ1v) is 7.16. The van der Waals surface area contributed by atoms with Crippen molar-refractivity contribution in [1.29, 1.82) is 0 Å². The van der Waals surface area contributed by atoms with E-state index in [1.54, 1.807) is 0 Å². The van der Waals surface area contributed by atoms with Crippen LogP contribution in [0.5, 0.6) is 0 Å². The van der Waals surface area contributed by atoms with Crippen LogP contribution in [0.1, 0.15) is 62.5 Å². The Labute approximate surface area is 105 Å². The van der Waals surface area contributed by atoms with E-state index in [0.717, 1.165) is 0 Å². The molecule has 0 heterocycles. The Kier molecular flexibility index (Phi) is 4.61. The molecule has 2 unspecified atom stereocenters. The zero-order valence-corrected chi connectivity index (χ0v) is 11.0. The highest BCUT2D eigenvalue weighted by Gasteiger charge is 2.29. The number of hydrogen-bond acceptors (Lipinski definition) is 1. The molecule has 1 aromatic rings. The Morgan fingerprint density at radius 2 is 1.94 bits per heavy atom. The summed E-state index contributed by atoms with van der Waals surface area (Å²) in [5.74, 6) is 0.636. The highest BCUT2D eigenvalue weighted by molar-refractivity contribution is 5.41. The average molecular weight is 231 g/mol. The van der Waals surface area contributed by atoms with Crippen molar-refractivity contribution >= 4 is 0 Å². The van der Waals surface area contributed by atoms with Crippen LogP contribution in [-0.4, -0.2) is 6.04 Å². The molecule has 1 heteroatoms. The molecule has 0 amide bonds. The molecule has 17 heavy (non-hydrogen) atoms. The molecule has 0 bridgehead atoms. The fourth-order valence-electron chi connectivity index (χ4n) is 2.86. The molecule has 2 rings (SSSR count). The van der Waals surface area contributed by atoms with Crippen LogP contribution in [0, 0.1) is 0 Å². The van der Waals surface area contributed by atoms with Crippen LogP contribution in [0.4, 0.5) is 0 Å². The van der Waals surface area contributed by atoms with Crippen LogP contribution in [0.25, 0.3) is 0 Å². The topological polar surface area (TPSA) is 26.0 Å². The second-order valence-corrected chi connectivity index (χ2v) is 5.38. The molecule has 0 aliphatic heterocycles. The smallest absolute Gasteiger partial charge is 0.0111 e. The van der Waals surface area contributed by atoms with Gasteiger partial charge in [0.25, 0.3) is 0 Å². The molecule has 2 N–H and O–H groups in total. The van der Waals surface area contributed by atoms with Crippen LogP contribution in [0.2, 0.25) is 0 Å². The van der Waals surface area contributed by atoms with E-state index in [-0.39, 0.29) is 0 Å². The van der Waals surface area contributed by atoms with Crippen molar-refractivity contribution in [1.82, 2.24) is 0 Å². The van der Waals surface area contributed by atoms with Crippen molar-refractivity contribution < 1.29 is 0 Å². The maximum atomic E-state index is 6.31. The summed E-state index contributed by atoms with van der Waals surface area (Å²) in [5, 5.41) is 0. The zero-order chi connectivity index (χ0) is 12.1. The van der Waals surface area contributed by atoms with Crippen LogP contribution in [-0.2, 0) is 6.42 Å². The second kappa shape index (κ2) is 6.20. The molecule has 0 fully saturated rings. The summed E-state index contributed by atoms with van der Waals surface area (Å²) in [4.78, 5) is 0. The van der Waals surface area contributed by atoms with Crippen molar-refractivity contribution in [3.8, 4) is 0 Å². The van der Waals surface area contributed by atoms with E-state index < -0.39 is 0 Å². The lowest BCUT2D eigenvalue weighted by Gasteiger charge is -2.34. The van der Waals surface area contributed by atoms with E-state index in [0.29, 0.717) is 12.0 Å². The Morgan fingerprint density at radius 1 is 1.18 bits per heavy atom. The first-order chi connectivity index (χ1) is 8.33. The summed E-state index contributed by atoms with van der Waals surface area (Å²) in [6.45, 7) is 2.26. The summed E-state index contributed by atoms with van der Waals surface area (Å²) in [6.07, 6.45) is 9.14. The van der Waals surface area contributed by atoms with Gasteiger partial charge < -0.3 is 5.73 Å². The van der Waals surface area contributed by atoms with Gasteiger partial charge >= 0.3 is 0 Å². The predicted molar refractivity (Wildman–Crippen MR) is 74.2 cm³/mol. The van der Waals surface area contributed by atoms with Crippen LogP contribution < -0.4 is 5.73 Å². The molecule has 0 aromatic heterocycles. The molecule has 1 nitrogen and oxygen atoms in total. The summed E-state index contributed by atoms with van der Waals surface area (Å²) >= 11 is 0. The molecule has 0 saturated carbocycles. The number of hydrogen-bond donors (Lipinski definition) is 1. The van der Waals surface area contributed by atoms with Crippen LogP contribution >= 0.6 is 0 Å². The third-order valence-electron chi connectivity index (χ3n) is 4.05. The van der Waals surface area contributed by atoms with Gasteiger partial charge in [0.2, 0.25) is 0 Å². The highest BCUT2D eigenvalue weighted by Crippen LogP contribution is 2.37. The largest absolute Gasteiger partial charge is 0.327 e. The quantitative estimate of drug-likeness (QED) is 0.705. The van der Waals surface area contributed by atoms with Crippen LogP contribution in [0.15, 0.2) is 24.3 Å². The third kappa shape index (κ3) is 3.10. The molecule has 1 aliphatic rings. The van der Waals surface area contributed by atoms with E-state index >= 15 is 0 Å². The Bertz CT molecular complexity index is 345. The van der Waals surface area contributed by atoms with Crippen molar-refractivity contribution in [3.05, 3.63) is 35.4 Å². The molecule has 0 saturated heterocycles. The lowest BCUT2D eigenvalue weighted by molar-refractivity contribution is 0.437. The van der Waals surface area contributed by atoms with E-state index in [2.05, 4.69) is 31.2 Å². The van der Waals surface area contributed by atoms with Crippen LogP contribution in [0.3, 0.4) is 0 Å². The van der Waals surface area contributed by atoms with Gasteiger partial charge in [-0.2, -0.15) is 0 Å². The average Bonchev–Trinajstić information content (AvgIpc) is 2.30. The number of benzene rings is 1. The Morgan fingerprint density at radius 3 is 2.71 bits per heavy atom. The molecule has 94 valence electrons. The normalized spacial score (nSPS) is 19.5. The van der Waals surface area contributed by atoms with Gasteiger partial charge in [0.15, 0.2) is 0 Å². The van der Waals surface area contributed by atoms with E-state index in [4.69, 9.17) is 5.73 Å². The van der Waals surface area contributed by atoms with E-state index in [1.165, 1.54) is 56.1 Å². The lowest BCUT2D eigenvalue weighted by atomic mass is 9.72. The van der Waals surface area contributed by atoms with Gasteiger partial charge in [-0.25, -0.2) is 0 Å². The maximum Gasteiger partial charge on any atom is 0.0111 e. The summed E-state index contributed by atoms with van der Waals surface area (Å²) in [5.41, 5.74) is 9.33. The third-order valence-corrected chi connectivity index (χ3v) is 4.05. The second-order valence-electron chi connectivity index (χ2n) is 5.38. The van der Waals surface area contributed by atoms with Gasteiger partial charge in [0, 0.05) is 12.0 Å². The monoisotopic (exact) mass is 231 g/mol. The standard InChI is InChI=1S/C16H25N/c1-2-3-4-5-6-11-16(17)15-12-13-9-7-8-10-14(13)15/h7-10,15-16H,2-6,11-12,17H2,1H3. The van der Waals surface area contributed by atoms with Crippen molar-refractivity contribution in [3.63, 3.8) is 0 Å². The van der Waals surface area contributed by atoms with Gasteiger partial charge in [-0.15, -0.1) is 0 Å². The minimum Gasteiger partial charge on any atom is -0.327 e. The fraction of sp³-hybridized carbons (Fsp3) is 0.625. The number of rotatable bonds is 7. The number of fused-ring (bicyclic) bond motifs is 1. The van der Waals surface area contributed by atoms with Crippen molar-refractivity contribution in [2.45, 2.75) is 63.8 Å². The molecule has 1 aliphatic carbocycles. The maximum absolute atomic E-state index is 6.31. The molecule has 0 radical (unpaired) electrons. The van der Waals surface area contributed by atoms with Crippen molar-refractivity contribution in [2.75, 3.05) is 0 Å². The minimum absolute atomic E-state index is 0.381. The van der Waals surface area contributed by atoms with Gasteiger partial charge in [0.05, 0.1) is 0 Å². The Balaban J connectivity index is 1.70. The highest BCUT2D eigenvalue weighted by atomic mass is 14.7. The van der Waals surface area contributed by atoms with E-state index in [1.807, 2.05) is 0 Å². The first kappa shape index (κ1) is 12.6. The zero-order valence-electron chi connectivity index (χ0n) is 11.0. The minimum atomic E-state index is 0.381. The van der Waals surface area contributed by atoms with Crippen molar-refractivity contribution in [2.24, 2.45) is 5.73 Å². The van der Waals surface area contributed by atoms with Gasteiger partial charge in [-0.05, 0) is 24.0 Å². The Hall–Kier alpha value is -0.820. The molecular weight excluding hydrogens is 206 g/mol. The number of unbranched alkanes of at least 4 members (excludes halogenated alkanes) is 4. The molecule has 1 aromatic carbocycles. The summed E-state index contributed by atoms with van der Waals surface area (Å²) in [7, 11) is 0. The van der Waals surface area contributed by atoms with Gasteiger partial charge in [-0.3, -0.25) is 0 Å². The van der Waals surface area contributed by atoms with E-state index in [9.17, 15) is 0 Å². The lowest BCUT2D eigenvalue weighted by Crippen LogP contribution is -2.35. The SMILES string of the molecule is CCCCCCCC(N)C1Cc2ccccc21. The summed E-state index contributed by atoms with van der Waals surface area (Å²) in [6, 6.07) is 9.14. The molecular formula is C16H25N. The molecule has 0 spiro atoms. The number of nitrogens with two attached hydrogens (primary N) is 1. The van der Waals surface area contributed by atoms with Gasteiger partial charge in [0.1, 0.15) is 0 Å². The molecule has 2 atom stereocenters. The summed E-state index contributed by atoms with van der Waals surface area (Å²) < 4.78 is 0. The first-order valence-electron chi connectivity index (χ1n) is 7.16.